The van der Waals surface area contributed by atoms with Gasteiger partial charge in [-0.1, -0.05) is 42.0 Å². The fourth-order valence-electron chi connectivity index (χ4n) is 2.76. The van der Waals surface area contributed by atoms with Crippen molar-refractivity contribution in [3.8, 4) is 11.4 Å². The first-order valence-corrected chi connectivity index (χ1v) is 10.3. The van der Waals surface area contributed by atoms with Crippen LogP contribution in [-0.2, 0) is 13.6 Å². The van der Waals surface area contributed by atoms with Crippen LogP contribution in [0.1, 0.15) is 25.0 Å². The molecule has 1 aromatic heterocycles. The summed E-state index contributed by atoms with van der Waals surface area (Å²) in [5.41, 5.74) is 4.13. The van der Waals surface area contributed by atoms with Gasteiger partial charge < -0.3 is 9.05 Å². The normalized spacial score (nSPS) is 11.8. The molecule has 3 aromatic rings. The Kier molecular flexibility index (Phi) is 5.52. The highest BCUT2D eigenvalue weighted by Crippen LogP contribution is 2.48. The largest absolute Gasteiger partial charge is 0.380 e. The quantitative estimate of drug-likeness (QED) is 0.583. The summed E-state index contributed by atoms with van der Waals surface area (Å²) >= 11 is 0. The van der Waals surface area contributed by atoms with Crippen LogP contribution in [0.4, 0.5) is 0 Å². The average Bonchev–Trinajstić information content (AvgIpc) is 2.61. The van der Waals surface area contributed by atoms with Gasteiger partial charge >= 0.3 is 7.60 Å². The monoisotopic (exact) mass is 370 g/mol. The highest BCUT2D eigenvalue weighted by molar-refractivity contribution is 7.62. The van der Waals surface area contributed by atoms with Crippen molar-refractivity contribution >= 4 is 23.9 Å². The number of benzene rings is 2. The first-order valence-electron chi connectivity index (χ1n) is 8.72. The van der Waals surface area contributed by atoms with E-state index in [0.717, 1.165) is 22.2 Å². The number of rotatable bonds is 6. The number of hydrogen-bond acceptors (Lipinski definition) is 5. The molecule has 0 fully saturated rings. The lowest BCUT2D eigenvalue weighted by atomic mass is 10.1. The van der Waals surface area contributed by atoms with Gasteiger partial charge in [-0.25, -0.2) is 9.97 Å². The molecule has 26 heavy (non-hydrogen) atoms. The first-order chi connectivity index (χ1) is 12.5. The molecule has 0 amide bonds. The van der Waals surface area contributed by atoms with Crippen molar-refractivity contribution in [3.63, 3.8) is 0 Å². The Morgan fingerprint density at radius 3 is 2.12 bits per heavy atom. The molecule has 3 rings (SSSR count). The Labute approximate surface area is 153 Å². The van der Waals surface area contributed by atoms with Gasteiger partial charge in [0.05, 0.1) is 18.7 Å². The number of nitrogens with zero attached hydrogens (tertiary/aromatic N) is 2. The van der Waals surface area contributed by atoms with Gasteiger partial charge in [0.1, 0.15) is 0 Å². The Bertz CT molecular complexity index is 961. The zero-order valence-electron chi connectivity index (χ0n) is 15.5. The molecular formula is C20H23N2O3P. The van der Waals surface area contributed by atoms with Gasteiger partial charge in [-0.15, -0.1) is 0 Å². The molecule has 136 valence electrons. The van der Waals surface area contributed by atoms with E-state index in [-0.39, 0.29) is 13.2 Å². The van der Waals surface area contributed by atoms with Crippen molar-refractivity contribution in [2.45, 2.75) is 27.7 Å². The third-order valence-corrected chi connectivity index (χ3v) is 6.06. The second-order valence-electron chi connectivity index (χ2n) is 6.09. The van der Waals surface area contributed by atoms with Gasteiger partial charge in [-0.2, -0.15) is 0 Å². The van der Waals surface area contributed by atoms with Crippen molar-refractivity contribution in [2.24, 2.45) is 0 Å². The van der Waals surface area contributed by atoms with E-state index < -0.39 is 7.60 Å². The summed E-state index contributed by atoms with van der Waals surface area (Å²) in [6, 6.07) is 13.7. The molecule has 0 aliphatic rings. The van der Waals surface area contributed by atoms with Crippen LogP contribution in [0.2, 0.25) is 0 Å². The van der Waals surface area contributed by atoms with Crippen LogP contribution in [0.25, 0.3) is 22.3 Å². The third-order valence-electron chi connectivity index (χ3n) is 4.00. The first kappa shape index (κ1) is 18.7. The predicted octanol–water partition coefficient (Wildman–Crippen LogP) is 4.81. The van der Waals surface area contributed by atoms with E-state index in [1.54, 1.807) is 13.8 Å². The van der Waals surface area contributed by atoms with Gasteiger partial charge in [0, 0.05) is 10.9 Å². The van der Waals surface area contributed by atoms with Crippen LogP contribution in [0, 0.1) is 13.8 Å². The van der Waals surface area contributed by atoms with Gasteiger partial charge in [-0.3, -0.25) is 4.57 Å². The Morgan fingerprint density at radius 2 is 1.50 bits per heavy atom. The summed E-state index contributed by atoms with van der Waals surface area (Å²) < 4.78 is 24.5. The molecule has 6 heteroatoms. The summed E-state index contributed by atoms with van der Waals surface area (Å²) in [4.78, 5) is 9.30. The number of aryl methyl sites for hydroxylation is 2. The topological polar surface area (TPSA) is 61.3 Å². The van der Waals surface area contributed by atoms with E-state index in [4.69, 9.17) is 9.05 Å². The van der Waals surface area contributed by atoms with Crippen LogP contribution < -0.4 is 5.44 Å². The van der Waals surface area contributed by atoms with Gasteiger partial charge in [0.2, 0.25) is 0 Å². The molecule has 0 unspecified atom stereocenters. The van der Waals surface area contributed by atoms with E-state index in [2.05, 4.69) is 9.97 Å². The Morgan fingerprint density at radius 1 is 0.885 bits per heavy atom. The Hall–Kier alpha value is -2.07. The zero-order valence-corrected chi connectivity index (χ0v) is 16.4. The van der Waals surface area contributed by atoms with Gasteiger partial charge in [-0.05, 0) is 39.3 Å². The molecule has 0 atom stereocenters. The SMILES string of the molecule is CCOP(=O)(OCC)c1nc(-c2ccc(C)cc2)nc2cc(C)ccc12. The number of hydrogen-bond donors (Lipinski definition) is 0. The van der Waals surface area contributed by atoms with Gasteiger partial charge in [0.15, 0.2) is 11.3 Å². The number of aromatic nitrogens is 2. The van der Waals surface area contributed by atoms with E-state index in [0.29, 0.717) is 16.6 Å². The second-order valence-corrected chi connectivity index (χ2v) is 8.03. The molecular weight excluding hydrogens is 347 g/mol. The van der Waals surface area contributed by atoms with Crippen LogP contribution in [0.15, 0.2) is 42.5 Å². The lowest BCUT2D eigenvalue weighted by Crippen LogP contribution is -2.17. The van der Waals surface area contributed by atoms with E-state index >= 15 is 0 Å². The molecule has 0 N–H and O–H groups in total. The van der Waals surface area contributed by atoms with Crippen LogP contribution in [-0.4, -0.2) is 23.2 Å². The standard InChI is InChI=1S/C20H23N2O3P/c1-5-24-26(23,25-6-2)20-17-12-9-15(4)13-18(17)21-19(22-20)16-10-7-14(3)8-11-16/h7-13H,5-6H2,1-4H3. The molecule has 0 saturated carbocycles. The average molecular weight is 370 g/mol. The summed E-state index contributed by atoms with van der Waals surface area (Å²) in [5.74, 6) is 0.512. The lowest BCUT2D eigenvalue weighted by Gasteiger charge is -2.18. The molecule has 5 nitrogen and oxygen atoms in total. The van der Waals surface area contributed by atoms with Crippen molar-refractivity contribution in [1.29, 1.82) is 0 Å². The molecule has 1 heterocycles. The fraction of sp³-hybridized carbons (Fsp3) is 0.300. The molecule has 0 spiro atoms. The Balaban J connectivity index is 2.29. The zero-order chi connectivity index (χ0) is 18.7. The molecule has 0 aliphatic heterocycles. The maximum absolute atomic E-state index is 13.4. The lowest BCUT2D eigenvalue weighted by molar-refractivity contribution is 0.229. The molecule has 0 aliphatic carbocycles. The van der Waals surface area contributed by atoms with Crippen molar-refractivity contribution in [3.05, 3.63) is 53.6 Å². The highest BCUT2D eigenvalue weighted by atomic mass is 31.2. The fourth-order valence-corrected chi connectivity index (χ4v) is 4.46. The minimum absolute atomic E-state index is 0.272. The minimum Gasteiger partial charge on any atom is -0.304 e. The third kappa shape index (κ3) is 3.70. The summed E-state index contributed by atoms with van der Waals surface area (Å²) in [6.45, 7) is 8.15. The van der Waals surface area contributed by atoms with Crippen LogP contribution in [0.3, 0.4) is 0 Å². The second kappa shape index (κ2) is 7.67. The highest BCUT2D eigenvalue weighted by Gasteiger charge is 2.32. The van der Waals surface area contributed by atoms with Crippen LogP contribution >= 0.6 is 7.60 Å². The number of fused-ring (bicyclic) bond motifs is 1. The summed E-state index contributed by atoms with van der Waals surface area (Å²) in [5, 5.41) is 0.691. The molecule has 2 aromatic carbocycles. The smallest absolute Gasteiger partial charge is 0.304 e. The predicted molar refractivity (Wildman–Crippen MR) is 105 cm³/mol. The van der Waals surface area contributed by atoms with Crippen molar-refractivity contribution in [2.75, 3.05) is 13.2 Å². The van der Waals surface area contributed by atoms with E-state index in [9.17, 15) is 4.57 Å². The molecule has 0 saturated heterocycles. The maximum atomic E-state index is 13.4. The molecule has 0 bridgehead atoms. The van der Waals surface area contributed by atoms with Crippen molar-refractivity contribution < 1.29 is 13.6 Å². The molecule has 0 radical (unpaired) electrons. The van der Waals surface area contributed by atoms with E-state index in [1.807, 2.05) is 56.3 Å². The van der Waals surface area contributed by atoms with Gasteiger partial charge in [0.25, 0.3) is 0 Å². The van der Waals surface area contributed by atoms with Crippen LogP contribution in [0.5, 0.6) is 0 Å². The minimum atomic E-state index is -3.54. The van der Waals surface area contributed by atoms with E-state index in [1.165, 1.54) is 0 Å². The summed E-state index contributed by atoms with van der Waals surface area (Å²) in [6.07, 6.45) is 0. The van der Waals surface area contributed by atoms with Crippen molar-refractivity contribution in [1.82, 2.24) is 9.97 Å². The summed E-state index contributed by atoms with van der Waals surface area (Å²) in [7, 11) is -3.54. The maximum Gasteiger partial charge on any atom is 0.380 e.